The summed E-state index contributed by atoms with van der Waals surface area (Å²) in [5, 5.41) is 15.9. The Labute approximate surface area is 212 Å². The predicted molar refractivity (Wildman–Crippen MR) is 135 cm³/mol. The standard InChI is InChI=1S/C26H25N7O4/c1-14-4-6-16(7-5-14)19-12-28-31-26(29-19)33-25-24(15(2)32-33)18(11-23(35)30-25)17-8-9-20(21(10-17)36-3)37-13-22(27)34/h4-10,12,18H,11,13H2,1-3H3,(H2,27,34)(H,30,35). The van der Waals surface area contributed by atoms with Gasteiger partial charge in [-0.15, -0.1) is 5.10 Å². The Balaban J connectivity index is 1.54. The number of carbonyl (C=O) groups is 2. The van der Waals surface area contributed by atoms with Gasteiger partial charge in [0.05, 0.1) is 24.7 Å². The van der Waals surface area contributed by atoms with Gasteiger partial charge < -0.3 is 20.5 Å². The van der Waals surface area contributed by atoms with Crippen molar-refractivity contribution in [3.05, 3.63) is 71.0 Å². The number of nitrogens with zero attached hydrogens (tertiary/aromatic N) is 5. The smallest absolute Gasteiger partial charge is 0.272 e. The van der Waals surface area contributed by atoms with Gasteiger partial charge in [0.1, 0.15) is 5.82 Å². The highest BCUT2D eigenvalue weighted by molar-refractivity contribution is 5.95. The van der Waals surface area contributed by atoms with Crippen LogP contribution in [0.4, 0.5) is 5.82 Å². The van der Waals surface area contributed by atoms with E-state index in [-0.39, 0.29) is 30.8 Å². The summed E-state index contributed by atoms with van der Waals surface area (Å²) in [7, 11) is 1.50. The number of aryl methyl sites for hydroxylation is 2. The number of aromatic nitrogens is 5. The number of nitrogens with one attached hydrogen (secondary N) is 1. The van der Waals surface area contributed by atoms with Gasteiger partial charge in [0.25, 0.3) is 11.9 Å². The first-order valence-corrected chi connectivity index (χ1v) is 11.6. The fourth-order valence-electron chi connectivity index (χ4n) is 4.39. The molecule has 0 bridgehead atoms. The number of hydrogen-bond donors (Lipinski definition) is 2. The Morgan fingerprint density at radius 3 is 2.68 bits per heavy atom. The van der Waals surface area contributed by atoms with Crippen LogP contribution in [0, 0.1) is 13.8 Å². The van der Waals surface area contributed by atoms with E-state index < -0.39 is 5.91 Å². The molecule has 1 atom stereocenters. The van der Waals surface area contributed by atoms with Gasteiger partial charge in [-0.1, -0.05) is 35.9 Å². The first kappa shape index (κ1) is 23.9. The van der Waals surface area contributed by atoms with Gasteiger partial charge >= 0.3 is 0 Å². The minimum absolute atomic E-state index is 0.172. The molecule has 1 aliphatic rings. The fraction of sp³-hybridized carbons (Fsp3) is 0.231. The zero-order chi connectivity index (χ0) is 26.1. The number of benzene rings is 2. The molecule has 11 heteroatoms. The Kier molecular flexibility index (Phi) is 6.26. The number of anilines is 1. The summed E-state index contributed by atoms with van der Waals surface area (Å²) >= 11 is 0. The molecular weight excluding hydrogens is 474 g/mol. The summed E-state index contributed by atoms with van der Waals surface area (Å²) in [6, 6.07) is 13.3. The normalized spacial score (nSPS) is 14.6. The van der Waals surface area contributed by atoms with E-state index in [2.05, 4.69) is 25.6 Å². The highest BCUT2D eigenvalue weighted by Crippen LogP contribution is 2.42. The van der Waals surface area contributed by atoms with E-state index in [9.17, 15) is 9.59 Å². The molecule has 1 aliphatic heterocycles. The molecule has 2 aromatic carbocycles. The maximum absolute atomic E-state index is 12.8. The van der Waals surface area contributed by atoms with Crippen molar-refractivity contribution in [2.75, 3.05) is 19.0 Å². The molecule has 5 rings (SSSR count). The third-order valence-electron chi connectivity index (χ3n) is 6.15. The van der Waals surface area contributed by atoms with Crippen LogP contribution in [0.3, 0.4) is 0 Å². The molecule has 1 unspecified atom stereocenters. The maximum Gasteiger partial charge on any atom is 0.272 e. The number of methoxy groups -OCH3 is 1. The Hall–Kier alpha value is -4.80. The predicted octanol–water partition coefficient (Wildman–Crippen LogP) is 2.69. The van der Waals surface area contributed by atoms with Crippen LogP contribution in [-0.2, 0) is 9.59 Å². The van der Waals surface area contributed by atoms with Crippen LogP contribution in [-0.4, -0.2) is 50.5 Å². The lowest BCUT2D eigenvalue weighted by atomic mass is 9.85. The number of fused-ring (bicyclic) bond motifs is 1. The van der Waals surface area contributed by atoms with Crippen LogP contribution in [0.25, 0.3) is 17.2 Å². The molecule has 3 heterocycles. The van der Waals surface area contributed by atoms with Crippen LogP contribution in [0.15, 0.2) is 48.7 Å². The third-order valence-corrected chi connectivity index (χ3v) is 6.15. The van der Waals surface area contributed by atoms with Gasteiger partial charge in [-0.25, -0.2) is 4.98 Å². The monoisotopic (exact) mass is 499 g/mol. The van der Waals surface area contributed by atoms with Crippen molar-refractivity contribution in [2.45, 2.75) is 26.2 Å². The quantitative estimate of drug-likeness (QED) is 0.394. The minimum Gasteiger partial charge on any atom is -0.493 e. The van der Waals surface area contributed by atoms with E-state index >= 15 is 0 Å². The van der Waals surface area contributed by atoms with Gasteiger partial charge in [0.15, 0.2) is 18.1 Å². The molecule has 0 aliphatic carbocycles. The van der Waals surface area contributed by atoms with E-state index in [0.29, 0.717) is 23.0 Å². The van der Waals surface area contributed by atoms with Gasteiger partial charge in [0.2, 0.25) is 5.91 Å². The first-order chi connectivity index (χ1) is 17.8. The van der Waals surface area contributed by atoms with E-state index in [1.807, 2.05) is 44.2 Å². The number of hydrogen-bond acceptors (Lipinski definition) is 8. The lowest BCUT2D eigenvalue weighted by Crippen LogP contribution is -2.25. The number of amides is 2. The number of ether oxygens (including phenoxy) is 2. The van der Waals surface area contributed by atoms with Crippen molar-refractivity contribution >= 4 is 17.6 Å². The van der Waals surface area contributed by atoms with Crippen molar-refractivity contribution < 1.29 is 19.1 Å². The second-order valence-corrected chi connectivity index (χ2v) is 8.74. The Bertz CT molecular complexity index is 1500. The number of rotatable bonds is 7. The molecule has 2 amide bonds. The van der Waals surface area contributed by atoms with E-state index in [0.717, 1.165) is 27.9 Å². The molecule has 37 heavy (non-hydrogen) atoms. The highest BCUT2D eigenvalue weighted by Gasteiger charge is 2.34. The summed E-state index contributed by atoms with van der Waals surface area (Å²) in [4.78, 5) is 28.6. The zero-order valence-electron chi connectivity index (χ0n) is 20.6. The maximum atomic E-state index is 12.8. The lowest BCUT2D eigenvalue weighted by Gasteiger charge is -2.25. The third kappa shape index (κ3) is 4.70. The van der Waals surface area contributed by atoms with Crippen LogP contribution < -0.4 is 20.5 Å². The highest BCUT2D eigenvalue weighted by atomic mass is 16.5. The molecular formula is C26H25N7O4. The van der Waals surface area contributed by atoms with Gasteiger partial charge in [-0.3, -0.25) is 9.59 Å². The van der Waals surface area contributed by atoms with Crippen LogP contribution in [0.2, 0.25) is 0 Å². The molecule has 3 N–H and O–H groups in total. The number of primary amides is 1. The average Bonchev–Trinajstić information content (AvgIpc) is 3.23. The largest absolute Gasteiger partial charge is 0.493 e. The second-order valence-electron chi connectivity index (χ2n) is 8.74. The second kappa shape index (κ2) is 9.69. The van der Waals surface area contributed by atoms with E-state index in [1.165, 1.54) is 11.8 Å². The van der Waals surface area contributed by atoms with Crippen molar-refractivity contribution in [1.82, 2.24) is 25.0 Å². The molecule has 0 radical (unpaired) electrons. The molecule has 0 spiro atoms. The number of nitrogens with two attached hydrogens (primary N) is 1. The van der Waals surface area contributed by atoms with E-state index in [1.54, 1.807) is 18.3 Å². The first-order valence-electron chi connectivity index (χ1n) is 11.6. The Morgan fingerprint density at radius 1 is 1.16 bits per heavy atom. The topological polar surface area (TPSA) is 147 Å². The zero-order valence-corrected chi connectivity index (χ0v) is 20.6. The summed E-state index contributed by atoms with van der Waals surface area (Å²) in [6.45, 7) is 3.62. The van der Waals surface area contributed by atoms with Gasteiger partial charge in [-0.2, -0.15) is 14.9 Å². The van der Waals surface area contributed by atoms with Crippen LogP contribution in [0.1, 0.15) is 34.7 Å². The van der Waals surface area contributed by atoms with E-state index in [4.69, 9.17) is 15.2 Å². The molecule has 11 nitrogen and oxygen atoms in total. The fourth-order valence-corrected chi connectivity index (χ4v) is 4.39. The summed E-state index contributed by atoms with van der Waals surface area (Å²) in [6.07, 6.45) is 1.80. The van der Waals surface area contributed by atoms with Crippen molar-refractivity contribution in [1.29, 1.82) is 0 Å². The van der Waals surface area contributed by atoms with Crippen LogP contribution >= 0.6 is 0 Å². The summed E-state index contributed by atoms with van der Waals surface area (Å²) in [5.74, 6) is 0.482. The molecule has 2 aromatic heterocycles. The van der Waals surface area contributed by atoms with Crippen molar-refractivity contribution in [3.8, 4) is 28.7 Å². The molecule has 0 saturated heterocycles. The Morgan fingerprint density at radius 2 is 1.95 bits per heavy atom. The summed E-state index contributed by atoms with van der Waals surface area (Å²) < 4.78 is 12.4. The summed E-state index contributed by atoms with van der Waals surface area (Å²) in [5.41, 5.74) is 10.3. The minimum atomic E-state index is -0.592. The van der Waals surface area contributed by atoms with Crippen LogP contribution in [0.5, 0.6) is 11.5 Å². The van der Waals surface area contributed by atoms with Gasteiger partial charge in [0, 0.05) is 23.5 Å². The lowest BCUT2D eigenvalue weighted by molar-refractivity contribution is -0.120. The van der Waals surface area contributed by atoms with Gasteiger partial charge in [-0.05, 0) is 31.5 Å². The molecule has 4 aromatic rings. The average molecular weight is 500 g/mol. The molecule has 188 valence electrons. The molecule has 0 fully saturated rings. The van der Waals surface area contributed by atoms with Crippen molar-refractivity contribution in [2.24, 2.45) is 5.73 Å². The van der Waals surface area contributed by atoms with Crippen molar-refractivity contribution in [3.63, 3.8) is 0 Å². The number of carbonyl (C=O) groups excluding carboxylic acids is 2. The SMILES string of the molecule is COc1cc(C2CC(=O)Nc3c2c(C)nn3-c2nncc(-c3ccc(C)cc3)n2)ccc1OCC(N)=O. The molecule has 0 saturated carbocycles.